The van der Waals surface area contributed by atoms with E-state index in [2.05, 4.69) is 0 Å². The second-order valence-electron chi connectivity index (χ2n) is 4.67. The maximum atomic E-state index is 13.4. The third-order valence-electron chi connectivity index (χ3n) is 3.12. The van der Waals surface area contributed by atoms with Gasteiger partial charge in [0.2, 0.25) is 0 Å². The first-order valence-corrected chi connectivity index (χ1v) is 7.67. The summed E-state index contributed by atoms with van der Waals surface area (Å²) in [7, 11) is 0. The summed E-state index contributed by atoms with van der Waals surface area (Å²) in [5.74, 6) is -2.87. The molecule has 2 aromatic carbocycles. The lowest BCUT2D eigenvalue weighted by Gasteiger charge is -2.14. The van der Waals surface area contributed by atoms with Crippen molar-refractivity contribution in [3.05, 3.63) is 70.4 Å². The number of hydrogen-bond acceptors (Lipinski definition) is 3. The molecule has 0 radical (unpaired) electrons. The number of carbonyl (C=O) groups is 1. The summed E-state index contributed by atoms with van der Waals surface area (Å²) in [5.41, 5.74) is 0.797. The molecule has 0 unspecified atom stereocenters. The predicted molar refractivity (Wildman–Crippen MR) is 88.4 cm³/mol. The van der Waals surface area contributed by atoms with E-state index in [1.54, 1.807) is 6.08 Å². The van der Waals surface area contributed by atoms with E-state index in [9.17, 15) is 18.0 Å². The summed E-state index contributed by atoms with van der Waals surface area (Å²) in [6.07, 6.45) is 1.57. The smallest absolute Gasteiger partial charge is 0.268 e. The molecule has 0 N–H and O–H groups in total. The van der Waals surface area contributed by atoms with E-state index >= 15 is 0 Å². The Hall–Kier alpha value is -2.12. The van der Waals surface area contributed by atoms with Crippen molar-refractivity contribution in [3.8, 4) is 0 Å². The Labute approximate surface area is 139 Å². The van der Waals surface area contributed by atoms with Crippen LogP contribution < -0.4 is 4.90 Å². The molecule has 0 aliphatic carbocycles. The Balaban J connectivity index is 1.93. The quantitative estimate of drug-likeness (QED) is 0.587. The zero-order valence-corrected chi connectivity index (χ0v) is 13.1. The summed E-state index contributed by atoms with van der Waals surface area (Å²) in [4.78, 5) is 13.9. The number of amides is 1. The summed E-state index contributed by atoms with van der Waals surface area (Å²) < 4.78 is 39.5. The number of thioether (sulfide) groups is 1. The molecule has 7 heteroatoms. The second kappa shape index (κ2) is 6.17. The lowest BCUT2D eigenvalue weighted by atomic mass is 10.2. The maximum Gasteiger partial charge on any atom is 0.270 e. The minimum atomic E-state index is -1.06. The van der Waals surface area contributed by atoms with Gasteiger partial charge in [0.05, 0.1) is 10.6 Å². The largest absolute Gasteiger partial charge is 0.270 e. The van der Waals surface area contributed by atoms with Gasteiger partial charge in [-0.25, -0.2) is 13.2 Å². The Bertz CT molecular complexity index is 834. The van der Waals surface area contributed by atoms with E-state index in [0.717, 1.165) is 28.8 Å². The average molecular weight is 351 g/mol. The van der Waals surface area contributed by atoms with Crippen LogP contribution in [0.15, 0.2) is 47.4 Å². The van der Waals surface area contributed by atoms with Crippen LogP contribution in [-0.4, -0.2) is 10.2 Å². The minimum Gasteiger partial charge on any atom is -0.268 e. The molecule has 1 saturated heterocycles. The molecule has 0 saturated carbocycles. The predicted octanol–water partition coefficient (Wildman–Crippen LogP) is 4.51. The van der Waals surface area contributed by atoms with Crippen LogP contribution in [0.4, 0.5) is 18.9 Å². The van der Waals surface area contributed by atoms with E-state index in [-0.39, 0.29) is 15.8 Å². The van der Waals surface area contributed by atoms with E-state index in [1.807, 2.05) is 0 Å². The summed E-state index contributed by atoms with van der Waals surface area (Å²) in [6.45, 7) is 0. The number of anilines is 1. The van der Waals surface area contributed by atoms with E-state index < -0.39 is 17.5 Å². The molecule has 1 aliphatic heterocycles. The highest BCUT2D eigenvalue weighted by Gasteiger charge is 2.33. The molecule has 3 rings (SSSR count). The maximum absolute atomic E-state index is 13.4. The Kier molecular flexibility index (Phi) is 4.23. The number of thiocarbonyl (C=S) groups is 1. The summed E-state index contributed by atoms with van der Waals surface area (Å²) in [6, 6.07) is 8.75. The first kappa shape index (κ1) is 15.8. The number of carbonyl (C=O) groups excluding carboxylic acids is 1. The van der Waals surface area contributed by atoms with Crippen LogP contribution >= 0.6 is 24.0 Å². The van der Waals surface area contributed by atoms with Crippen LogP contribution in [0.1, 0.15) is 5.56 Å². The van der Waals surface area contributed by atoms with Gasteiger partial charge in [0, 0.05) is 6.07 Å². The van der Waals surface area contributed by atoms with E-state index in [0.29, 0.717) is 10.5 Å². The number of halogens is 3. The second-order valence-corrected chi connectivity index (χ2v) is 6.34. The van der Waals surface area contributed by atoms with Crippen molar-refractivity contribution in [2.45, 2.75) is 0 Å². The molecule has 1 heterocycles. The van der Waals surface area contributed by atoms with Crippen molar-refractivity contribution in [2.75, 3.05) is 4.90 Å². The van der Waals surface area contributed by atoms with Gasteiger partial charge in [-0.15, -0.1) is 0 Å². The van der Waals surface area contributed by atoms with Crippen molar-refractivity contribution in [3.63, 3.8) is 0 Å². The average Bonchev–Trinajstić information content (AvgIpc) is 2.79. The topological polar surface area (TPSA) is 20.3 Å². The van der Waals surface area contributed by atoms with Crippen LogP contribution in [0.2, 0.25) is 0 Å². The Morgan fingerprint density at radius 2 is 1.70 bits per heavy atom. The molecular formula is C16H8F3NOS2. The highest BCUT2D eigenvalue weighted by Crippen LogP contribution is 2.36. The molecule has 0 atom stereocenters. The van der Waals surface area contributed by atoms with Gasteiger partial charge in [-0.2, -0.15) is 0 Å². The fourth-order valence-corrected chi connectivity index (χ4v) is 3.32. The zero-order valence-electron chi connectivity index (χ0n) is 11.4. The molecule has 0 bridgehead atoms. The van der Waals surface area contributed by atoms with Crippen LogP contribution in [-0.2, 0) is 4.79 Å². The van der Waals surface area contributed by atoms with Gasteiger partial charge in [0.15, 0.2) is 16.0 Å². The van der Waals surface area contributed by atoms with Gasteiger partial charge in [0.1, 0.15) is 5.82 Å². The molecule has 1 aliphatic rings. The van der Waals surface area contributed by atoms with Crippen molar-refractivity contribution in [2.24, 2.45) is 0 Å². The Morgan fingerprint density at radius 3 is 2.35 bits per heavy atom. The molecule has 2 aromatic rings. The van der Waals surface area contributed by atoms with Crippen LogP contribution in [0, 0.1) is 17.5 Å². The van der Waals surface area contributed by atoms with Gasteiger partial charge in [0.25, 0.3) is 5.91 Å². The SMILES string of the molecule is O=C1/C(=C/c2ccc(F)cc2)SC(=S)N1c1ccc(F)c(F)c1. The van der Waals surface area contributed by atoms with Crippen molar-refractivity contribution in [1.82, 2.24) is 0 Å². The lowest BCUT2D eigenvalue weighted by molar-refractivity contribution is -0.113. The third kappa shape index (κ3) is 3.16. The van der Waals surface area contributed by atoms with E-state index in [4.69, 9.17) is 12.2 Å². The van der Waals surface area contributed by atoms with Crippen LogP contribution in [0.3, 0.4) is 0 Å². The Morgan fingerprint density at radius 1 is 1.00 bits per heavy atom. The summed E-state index contributed by atoms with van der Waals surface area (Å²) >= 11 is 6.19. The highest BCUT2D eigenvalue weighted by molar-refractivity contribution is 8.27. The van der Waals surface area contributed by atoms with Gasteiger partial charge in [-0.3, -0.25) is 9.69 Å². The van der Waals surface area contributed by atoms with Crippen LogP contribution in [0.25, 0.3) is 6.08 Å². The lowest BCUT2D eigenvalue weighted by Crippen LogP contribution is -2.27. The molecule has 116 valence electrons. The standard InChI is InChI=1S/C16H8F3NOS2/c17-10-3-1-9(2-4-10)7-14-15(21)20(16(22)23-14)11-5-6-12(18)13(19)8-11/h1-8H/b14-7-. The summed E-state index contributed by atoms with van der Waals surface area (Å²) in [5, 5.41) is 0. The van der Waals surface area contributed by atoms with Crippen molar-refractivity contribution >= 4 is 46.0 Å². The highest BCUT2D eigenvalue weighted by atomic mass is 32.2. The monoisotopic (exact) mass is 351 g/mol. The third-order valence-corrected chi connectivity index (χ3v) is 4.43. The first-order chi connectivity index (χ1) is 11.0. The number of benzene rings is 2. The number of nitrogens with zero attached hydrogens (tertiary/aromatic N) is 1. The molecule has 1 amide bonds. The minimum absolute atomic E-state index is 0.161. The van der Waals surface area contributed by atoms with E-state index in [1.165, 1.54) is 30.3 Å². The van der Waals surface area contributed by atoms with Gasteiger partial charge < -0.3 is 0 Å². The number of rotatable bonds is 2. The van der Waals surface area contributed by atoms with Crippen molar-refractivity contribution < 1.29 is 18.0 Å². The fourth-order valence-electron chi connectivity index (χ4n) is 2.02. The zero-order chi connectivity index (χ0) is 16.6. The molecule has 2 nitrogen and oxygen atoms in total. The van der Waals surface area contributed by atoms with Crippen molar-refractivity contribution in [1.29, 1.82) is 0 Å². The molecule has 0 aromatic heterocycles. The first-order valence-electron chi connectivity index (χ1n) is 6.44. The molecule has 23 heavy (non-hydrogen) atoms. The fraction of sp³-hybridized carbons (Fsp3) is 0. The molecular weight excluding hydrogens is 343 g/mol. The number of hydrogen-bond donors (Lipinski definition) is 0. The van der Waals surface area contributed by atoms with Gasteiger partial charge in [-0.1, -0.05) is 36.1 Å². The normalized spacial score (nSPS) is 16.5. The molecule has 1 fully saturated rings. The molecule has 0 spiro atoms. The van der Waals surface area contributed by atoms with Crippen LogP contribution in [0.5, 0.6) is 0 Å². The van der Waals surface area contributed by atoms with Gasteiger partial charge in [-0.05, 0) is 35.9 Å². The van der Waals surface area contributed by atoms with Gasteiger partial charge >= 0.3 is 0 Å².